The van der Waals surface area contributed by atoms with Gasteiger partial charge in [0.2, 0.25) is 0 Å². The molecular weight excluding hydrogens is 294 g/mol. The lowest BCUT2D eigenvalue weighted by Gasteiger charge is -2.07. The van der Waals surface area contributed by atoms with Crippen LogP contribution < -0.4 is 0 Å². The molecule has 0 aromatic heterocycles. The molecule has 0 heterocycles. The summed E-state index contributed by atoms with van der Waals surface area (Å²) in [5.74, 6) is 0. The van der Waals surface area contributed by atoms with Crippen molar-refractivity contribution in [1.82, 2.24) is 0 Å². The molecule has 0 bridgehead atoms. The zero-order valence-corrected chi connectivity index (χ0v) is 9.42. The summed E-state index contributed by atoms with van der Waals surface area (Å²) in [6, 6.07) is 3.19. The van der Waals surface area contributed by atoms with Crippen molar-refractivity contribution < 1.29 is 8.78 Å². The van der Waals surface area contributed by atoms with E-state index in [1.165, 1.54) is 6.07 Å². The highest BCUT2D eigenvalue weighted by atomic mass is 79.9. The van der Waals surface area contributed by atoms with Gasteiger partial charge in [-0.1, -0.05) is 31.9 Å². The fourth-order valence-corrected chi connectivity index (χ4v) is 2.15. The van der Waals surface area contributed by atoms with E-state index in [9.17, 15) is 8.78 Å². The van der Waals surface area contributed by atoms with E-state index in [0.717, 1.165) is 0 Å². The third-order valence-corrected chi connectivity index (χ3v) is 2.87. The van der Waals surface area contributed by atoms with Gasteiger partial charge < -0.3 is 0 Å². The Kier molecular flexibility index (Phi) is 3.23. The van der Waals surface area contributed by atoms with E-state index < -0.39 is 6.43 Å². The summed E-state index contributed by atoms with van der Waals surface area (Å²) in [6.45, 7) is 1.66. The first-order valence-corrected chi connectivity index (χ1v) is 4.84. The number of halogens is 4. The van der Waals surface area contributed by atoms with Gasteiger partial charge in [0.25, 0.3) is 6.43 Å². The Morgan fingerprint density at radius 2 is 1.83 bits per heavy atom. The Balaban J connectivity index is 3.28. The molecule has 0 atom stereocenters. The van der Waals surface area contributed by atoms with Crippen molar-refractivity contribution in [3.8, 4) is 0 Å². The predicted molar refractivity (Wildman–Crippen MR) is 51.5 cm³/mol. The molecule has 0 nitrogen and oxygen atoms in total. The zero-order chi connectivity index (χ0) is 9.30. The van der Waals surface area contributed by atoms with E-state index in [1.54, 1.807) is 13.0 Å². The fourth-order valence-electron chi connectivity index (χ4n) is 0.892. The SMILES string of the molecule is Cc1c(Br)cc(Br)cc1C(F)F. The smallest absolute Gasteiger partial charge is 0.205 e. The molecule has 66 valence electrons. The maximum Gasteiger partial charge on any atom is 0.264 e. The van der Waals surface area contributed by atoms with E-state index in [4.69, 9.17) is 0 Å². The van der Waals surface area contributed by atoms with Gasteiger partial charge in [0.1, 0.15) is 0 Å². The minimum atomic E-state index is -2.42. The molecule has 0 amide bonds. The van der Waals surface area contributed by atoms with Crippen LogP contribution in [0.4, 0.5) is 8.78 Å². The van der Waals surface area contributed by atoms with Crippen LogP contribution in [-0.2, 0) is 0 Å². The third kappa shape index (κ3) is 2.04. The van der Waals surface area contributed by atoms with E-state index in [2.05, 4.69) is 31.9 Å². The van der Waals surface area contributed by atoms with Crippen LogP contribution in [0.3, 0.4) is 0 Å². The first-order valence-electron chi connectivity index (χ1n) is 3.26. The Morgan fingerprint density at radius 3 is 2.33 bits per heavy atom. The average Bonchev–Trinajstić information content (AvgIpc) is 1.96. The van der Waals surface area contributed by atoms with Crippen LogP contribution >= 0.6 is 31.9 Å². The second-order valence-corrected chi connectivity index (χ2v) is 4.17. The maximum absolute atomic E-state index is 12.3. The molecule has 0 aliphatic heterocycles. The zero-order valence-electron chi connectivity index (χ0n) is 6.24. The van der Waals surface area contributed by atoms with E-state index in [0.29, 0.717) is 14.5 Å². The van der Waals surface area contributed by atoms with Crippen LogP contribution in [0.2, 0.25) is 0 Å². The molecule has 0 saturated heterocycles. The summed E-state index contributed by atoms with van der Waals surface area (Å²) in [5, 5.41) is 0. The minimum absolute atomic E-state index is 0.0660. The molecule has 12 heavy (non-hydrogen) atoms. The first kappa shape index (κ1) is 10.1. The van der Waals surface area contributed by atoms with Gasteiger partial charge in [0.05, 0.1) is 0 Å². The lowest BCUT2D eigenvalue weighted by atomic mass is 10.1. The molecule has 0 radical (unpaired) electrons. The van der Waals surface area contributed by atoms with Crippen molar-refractivity contribution in [2.75, 3.05) is 0 Å². The van der Waals surface area contributed by atoms with Crippen molar-refractivity contribution in [3.05, 3.63) is 32.2 Å². The summed E-state index contributed by atoms with van der Waals surface area (Å²) in [4.78, 5) is 0. The van der Waals surface area contributed by atoms with Crippen molar-refractivity contribution in [3.63, 3.8) is 0 Å². The van der Waals surface area contributed by atoms with E-state index >= 15 is 0 Å². The molecule has 1 rings (SSSR count). The summed E-state index contributed by atoms with van der Waals surface area (Å²) in [6.07, 6.45) is -2.42. The number of hydrogen-bond donors (Lipinski definition) is 0. The predicted octanol–water partition coefficient (Wildman–Crippen LogP) is 4.46. The quantitative estimate of drug-likeness (QED) is 0.718. The normalized spacial score (nSPS) is 10.8. The molecule has 0 spiro atoms. The van der Waals surface area contributed by atoms with Gasteiger partial charge in [-0.05, 0) is 24.6 Å². The van der Waals surface area contributed by atoms with Crippen molar-refractivity contribution in [1.29, 1.82) is 0 Å². The molecule has 1 aromatic rings. The molecule has 1 aromatic carbocycles. The minimum Gasteiger partial charge on any atom is -0.205 e. The number of alkyl halides is 2. The number of hydrogen-bond acceptors (Lipinski definition) is 0. The van der Waals surface area contributed by atoms with Crippen molar-refractivity contribution in [2.24, 2.45) is 0 Å². The Bertz CT molecular complexity index is 297. The van der Waals surface area contributed by atoms with E-state index in [-0.39, 0.29) is 5.56 Å². The second kappa shape index (κ2) is 3.83. The van der Waals surface area contributed by atoms with Crippen molar-refractivity contribution in [2.45, 2.75) is 13.3 Å². The Hall–Kier alpha value is 0.0400. The van der Waals surface area contributed by atoms with Crippen LogP contribution in [-0.4, -0.2) is 0 Å². The molecule has 0 saturated carbocycles. The van der Waals surface area contributed by atoms with Gasteiger partial charge in [0, 0.05) is 14.5 Å². The van der Waals surface area contributed by atoms with Crippen LogP contribution in [0.5, 0.6) is 0 Å². The maximum atomic E-state index is 12.3. The molecule has 0 fully saturated rings. The highest BCUT2D eigenvalue weighted by Gasteiger charge is 2.12. The lowest BCUT2D eigenvalue weighted by Crippen LogP contribution is -1.90. The first-order chi connectivity index (χ1) is 5.52. The molecule has 4 heteroatoms. The fraction of sp³-hybridized carbons (Fsp3) is 0.250. The number of rotatable bonds is 1. The van der Waals surface area contributed by atoms with Gasteiger partial charge >= 0.3 is 0 Å². The summed E-state index contributed by atoms with van der Waals surface area (Å²) < 4.78 is 26.1. The highest BCUT2D eigenvalue weighted by molar-refractivity contribution is 9.11. The van der Waals surface area contributed by atoms with Gasteiger partial charge in [0.15, 0.2) is 0 Å². The molecule has 0 aliphatic carbocycles. The van der Waals surface area contributed by atoms with Crippen LogP contribution in [0.1, 0.15) is 17.6 Å². The van der Waals surface area contributed by atoms with E-state index in [1.807, 2.05) is 0 Å². The highest BCUT2D eigenvalue weighted by Crippen LogP contribution is 2.31. The second-order valence-electron chi connectivity index (χ2n) is 2.40. The van der Waals surface area contributed by atoms with Gasteiger partial charge in [-0.3, -0.25) is 0 Å². The Morgan fingerprint density at radius 1 is 1.25 bits per heavy atom. The van der Waals surface area contributed by atoms with Crippen molar-refractivity contribution >= 4 is 31.9 Å². The van der Waals surface area contributed by atoms with Gasteiger partial charge in [-0.15, -0.1) is 0 Å². The van der Waals surface area contributed by atoms with Gasteiger partial charge in [-0.2, -0.15) is 0 Å². The number of benzene rings is 1. The molecular formula is C8H6Br2F2. The monoisotopic (exact) mass is 298 g/mol. The molecule has 0 unspecified atom stereocenters. The topological polar surface area (TPSA) is 0 Å². The summed E-state index contributed by atoms with van der Waals surface area (Å²) in [5.41, 5.74) is 0.657. The molecule has 0 N–H and O–H groups in total. The van der Waals surface area contributed by atoms with Crippen LogP contribution in [0, 0.1) is 6.92 Å². The third-order valence-electron chi connectivity index (χ3n) is 1.58. The van der Waals surface area contributed by atoms with Crippen LogP contribution in [0.15, 0.2) is 21.1 Å². The largest absolute Gasteiger partial charge is 0.264 e. The van der Waals surface area contributed by atoms with Gasteiger partial charge in [-0.25, -0.2) is 8.78 Å². The summed E-state index contributed by atoms with van der Waals surface area (Å²) >= 11 is 6.35. The molecule has 0 aliphatic rings. The Labute approximate surface area is 86.2 Å². The average molecular weight is 300 g/mol. The standard InChI is InChI=1S/C8H6Br2F2/c1-4-6(8(11)12)2-5(9)3-7(4)10/h2-3,8H,1H3. The van der Waals surface area contributed by atoms with Crippen LogP contribution in [0.25, 0.3) is 0 Å². The summed E-state index contributed by atoms with van der Waals surface area (Å²) in [7, 11) is 0. The lowest BCUT2D eigenvalue weighted by molar-refractivity contribution is 0.150.